The lowest BCUT2D eigenvalue weighted by molar-refractivity contribution is -0.123. The number of fused-ring (bicyclic) bond motifs is 1. The first kappa shape index (κ1) is 23.3. The molecular formula is C28H26ClN3O2. The number of nitrogens with two attached hydrogens (primary N) is 1. The summed E-state index contributed by atoms with van der Waals surface area (Å²) in [5, 5.41) is 2.84. The van der Waals surface area contributed by atoms with E-state index in [1.165, 1.54) is 4.90 Å². The zero-order chi connectivity index (χ0) is 24.2. The first-order chi connectivity index (χ1) is 16.4. The molecule has 3 aromatic rings. The van der Waals surface area contributed by atoms with Crippen LogP contribution < -0.4 is 10.5 Å². The highest BCUT2D eigenvalue weighted by atomic mass is 35.5. The van der Waals surface area contributed by atoms with Crippen molar-refractivity contribution in [1.29, 1.82) is 0 Å². The molecule has 0 saturated carbocycles. The van der Waals surface area contributed by atoms with Crippen LogP contribution in [0.5, 0.6) is 5.75 Å². The number of hydrogen-bond donors (Lipinski definition) is 1. The van der Waals surface area contributed by atoms with Gasteiger partial charge in [-0.2, -0.15) is 0 Å². The Morgan fingerprint density at radius 2 is 1.82 bits per heavy atom. The molecular weight excluding hydrogens is 446 g/mol. The van der Waals surface area contributed by atoms with Gasteiger partial charge in [0.05, 0.1) is 18.7 Å². The van der Waals surface area contributed by atoms with E-state index in [1.54, 1.807) is 13.2 Å². The Balaban J connectivity index is 1.49. The average molecular weight is 472 g/mol. The van der Waals surface area contributed by atoms with Crippen LogP contribution in [-0.2, 0) is 11.3 Å². The molecule has 0 bridgehead atoms. The molecule has 172 valence electrons. The summed E-state index contributed by atoms with van der Waals surface area (Å²) in [7, 11) is 1.59. The molecule has 0 fully saturated rings. The Labute approximate surface area is 204 Å². The minimum Gasteiger partial charge on any atom is -0.495 e. The number of hydrogen-bond acceptors (Lipinski definition) is 4. The molecule has 0 unspecified atom stereocenters. The van der Waals surface area contributed by atoms with Gasteiger partial charge in [0, 0.05) is 0 Å². The summed E-state index contributed by atoms with van der Waals surface area (Å²) < 4.78 is 5.21. The Bertz CT molecular complexity index is 1390. The van der Waals surface area contributed by atoms with E-state index < -0.39 is 0 Å². The highest BCUT2D eigenvalue weighted by Crippen LogP contribution is 2.28. The van der Waals surface area contributed by atoms with Crippen LogP contribution in [0.4, 0.5) is 0 Å². The lowest BCUT2D eigenvalue weighted by Crippen LogP contribution is -2.36. The minimum absolute atomic E-state index is 0.205. The Hall–Kier alpha value is -3.83. The number of methoxy groups -OCH3 is 1. The summed E-state index contributed by atoms with van der Waals surface area (Å²) in [6, 6.07) is 19.9. The maximum absolute atomic E-state index is 13.0. The van der Waals surface area contributed by atoms with Crippen molar-refractivity contribution in [3.8, 4) is 5.75 Å². The third-order valence-electron chi connectivity index (χ3n) is 5.70. The van der Waals surface area contributed by atoms with E-state index in [-0.39, 0.29) is 11.9 Å². The number of carbonyl (C=O) groups excluding carboxylic acids is 1. The van der Waals surface area contributed by atoms with Gasteiger partial charge in [-0.05, 0) is 71.2 Å². The van der Waals surface area contributed by atoms with Gasteiger partial charge in [-0.3, -0.25) is 9.69 Å². The number of amides is 1. The second kappa shape index (κ2) is 9.98. The molecule has 1 aliphatic heterocycles. The number of halogens is 1. The molecule has 5 nitrogen and oxygen atoms in total. The number of ether oxygens (including phenoxy) is 1. The summed E-state index contributed by atoms with van der Waals surface area (Å²) in [6.07, 6.45) is 5.66. The van der Waals surface area contributed by atoms with Gasteiger partial charge in [0.2, 0.25) is 5.96 Å². The molecule has 0 radical (unpaired) electrons. The van der Waals surface area contributed by atoms with Gasteiger partial charge >= 0.3 is 0 Å². The van der Waals surface area contributed by atoms with Crippen LogP contribution in [0.1, 0.15) is 25.0 Å². The quantitative estimate of drug-likeness (QED) is 0.349. The lowest BCUT2D eigenvalue weighted by Gasteiger charge is -2.15. The van der Waals surface area contributed by atoms with E-state index in [2.05, 4.69) is 23.2 Å². The van der Waals surface area contributed by atoms with Crippen LogP contribution in [0.2, 0.25) is 5.02 Å². The molecule has 0 aromatic heterocycles. The molecule has 1 heterocycles. The summed E-state index contributed by atoms with van der Waals surface area (Å²) in [6.45, 7) is 4.29. The average Bonchev–Trinajstić information content (AvgIpc) is 3.09. The fraction of sp³-hybridized carbons (Fsp3) is 0.143. The summed E-state index contributed by atoms with van der Waals surface area (Å²) in [4.78, 5) is 18.8. The first-order valence-electron chi connectivity index (χ1n) is 10.9. The molecule has 34 heavy (non-hydrogen) atoms. The van der Waals surface area contributed by atoms with Crippen molar-refractivity contribution in [3.05, 3.63) is 106 Å². The number of benzene rings is 3. The van der Waals surface area contributed by atoms with Crippen LogP contribution in [0.25, 0.3) is 16.3 Å². The second-order valence-electron chi connectivity index (χ2n) is 8.18. The predicted octanol–water partition coefficient (Wildman–Crippen LogP) is 6.09. The van der Waals surface area contributed by atoms with Gasteiger partial charge in [0.25, 0.3) is 5.91 Å². The summed E-state index contributed by atoms with van der Waals surface area (Å²) in [5.74, 6) is 0.635. The van der Waals surface area contributed by atoms with Crippen molar-refractivity contribution < 1.29 is 9.53 Å². The number of aliphatic imine (C=N–C) groups is 1. The number of allylic oxidation sites excluding steroid dienone is 5. The largest absolute Gasteiger partial charge is 0.495 e. The monoisotopic (exact) mass is 471 g/mol. The highest BCUT2D eigenvalue weighted by molar-refractivity contribution is 6.32. The first-order valence-corrected chi connectivity index (χ1v) is 11.3. The van der Waals surface area contributed by atoms with Gasteiger partial charge in [-0.25, -0.2) is 4.99 Å². The van der Waals surface area contributed by atoms with Crippen molar-refractivity contribution in [1.82, 2.24) is 4.90 Å². The predicted molar refractivity (Wildman–Crippen MR) is 140 cm³/mol. The topological polar surface area (TPSA) is 67.9 Å². The molecule has 0 saturated heterocycles. The van der Waals surface area contributed by atoms with Crippen LogP contribution in [0.15, 0.2) is 95.2 Å². The number of rotatable bonds is 6. The third-order valence-corrected chi connectivity index (χ3v) is 5.99. The fourth-order valence-electron chi connectivity index (χ4n) is 3.77. The molecule has 6 heteroatoms. The zero-order valence-electron chi connectivity index (χ0n) is 19.4. The van der Waals surface area contributed by atoms with Crippen molar-refractivity contribution in [2.24, 2.45) is 10.7 Å². The minimum atomic E-state index is -0.207. The number of guanidine groups is 1. The van der Waals surface area contributed by atoms with Crippen molar-refractivity contribution in [2.75, 3.05) is 7.11 Å². The van der Waals surface area contributed by atoms with Crippen LogP contribution in [0, 0.1) is 0 Å². The molecule has 1 amide bonds. The maximum Gasteiger partial charge on any atom is 0.279 e. The zero-order valence-corrected chi connectivity index (χ0v) is 20.1. The van der Waals surface area contributed by atoms with Gasteiger partial charge in [-0.1, -0.05) is 66.2 Å². The molecule has 0 aliphatic carbocycles. The molecule has 2 N–H and O–H groups in total. The molecule has 1 aliphatic rings. The van der Waals surface area contributed by atoms with Gasteiger partial charge in [-0.15, -0.1) is 0 Å². The van der Waals surface area contributed by atoms with E-state index in [9.17, 15) is 4.79 Å². The Morgan fingerprint density at radius 3 is 2.56 bits per heavy atom. The molecule has 0 spiro atoms. The number of carbonyl (C=O) groups is 1. The SMILES string of the molecule is COc1ccc(/C(C)=C/C=C(C)/C=C2/N=C(N)N(Cc3ccc4ccccc4c3)C2=O)cc1Cl. The van der Waals surface area contributed by atoms with Crippen LogP contribution in [-0.4, -0.2) is 23.9 Å². The van der Waals surface area contributed by atoms with Gasteiger partial charge in [0.1, 0.15) is 11.4 Å². The Kier molecular flexibility index (Phi) is 6.85. The lowest BCUT2D eigenvalue weighted by atomic mass is 10.1. The van der Waals surface area contributed by atoms with E-state index in [0.717, 1.165) is 33.0 Å². The molecule has 0 atom stereocenters. The summed E-state index contributed by atoms with van der Waals surface area (Å²) >= 11 is 6.23. The van der Waals surface area contributed by atoms with Crippen LogP contribution >= 0.6 is 11.6 Å². The highest BCUT2D eigenvalue weighted by Gasteiger charge is 2.28. The normalized spacial score (nSPS) is 15.9. The van der Waals surface area contributed by atoms with Crippen molar-refractivity contribution in [2.45, 2.75) is 20.4 Å². The van der Waals surface area contributed by atoms with Crippen LogP contribution in [0.3, 0.4) is 0 Å². The molecule has 3 aromatic carbocycles. The molecule has 4 rings (SSSR count). The van der Waals surface area contributed by atoms with E-state index in [4.69, 9.17) is 22.1 Å². The number of nitrogens with zero attached hydrogens (tertiary/aromatic N) is 2. The van der Waals surface area contributed by atoms with E-state index >= 15 is 0 Å². The summed E-state index contributed by atoms with van der Waals surface area (Å²) in [5.41, 5.74) is 10.3. The second-order valence-corrected chi connectivity index (χ2v) is 8.59. The van der Waals surface area contributed by atoms with Crippen molar-refractivity contribution >= 4 is 39.8 Å². The fourth-order valence-corrected chi connectivity index (χ4v) is 4.03. The standard InChI is InChI=1S/C28H26ClN3O2/c1-18(8-9-19(2)22-12-13-26(34-3)24(29)16-22)14-25-27(33)32(28(30)31-25)17-20-10-11-21-6-4-5-7-23(21)15-20/h4-16H,17H2,1-3H3,(H2,30,31)/b18-8+,19-9+,25-14+. The van der Waals surface area contributed by atoms with Crippen molar-refractivity contribution in [3.63, 3.8) is 0 Å². The maximum atomic E-state index is 13.0. The third kappa shape index (κ3) is 5.05. The Morgan fingerprint density at radius 1 is 1.06 bits per heavy atom. The van der Waals surface area contributed by atoms with E-state index in [1.807, 2.05) is 68.5 Å². The van der Waals surface area contributed by atoms with Gasteiger partial charge < -0.3 is 10.5 Å². The van der Waals surface area contributed by atoms with E-state index in [0.29, 0.717) is 23.0 Å². The van der Waals surface area contributed by atoms with Gasteiger partial charge in [0.15, 0.2) is 0 Å². The smallest absolute Gasteiger partial charge is 0.279 e.